The Labute approximate surface area is 268 Å². The van der Waals surface area contributed by atoms with E-state index in [-0.39, 0.29) is 28.6 Å². The highest BCUT2D eigenvalue weighted by atomic mass is 35.5. The summed E-state index contributed by atoms with van der Waals surface area (Å²) in [6.45, 7) is 6.78. The number of amides is 1. The Balaban J connectivity index is 1.10. The van der Waals surface area contributed by atoms with Crippen LogP contribution in [-0.4, -0.2) is 83.5 Å². The first-order valence-corrected chi connectivity index (χ1v) is 15.4. The molecule has 1 amide bonds. The van der Waals surface area contributed by atoms with Gasteiger partial charge >= 0.3 is 0 Å². The molecule has 3 aromatic heterocycles. The number of anilines is 2. The summed E-state index contributed by atoms with van der Waals surface area (Å²) in [4.78, 5) is 34.9. The summed E-state index contributed by atoms with van der Waals surface area (Å²) < 4.78 is 43.6. The van der Waals surface area contributed by atoms with E-state index in [9.17, 15) is 23.1 Å². The number of aliphatic hydroxyl groups excluding tert-OH is 1. The van der Waals surface area contributed by atoms with Crippen molar-refractivity contribution in [1.82, 2.24) is 34.6 Å². The van der Waals surface area contributed by atoms with Crippen molar-refractivity contribution in [1.29, 1.82) is 0 Å². The van der Waals surface area contributed by atoms with Crippen LogP contribution in [0, 0.1) is 5.82 Å². The van der Waals surface area contributed by atoms with Gasteiger partial charge in [0.05, 0.1) is 47.1 Å². The number of likely N-dealkylation sites (tertiary alicyclic amines) is 1. The van der Waals surface area contributed by atoms with Gasteiger partial charge in [0.2, 0.25) is 5.95 Å². The summed E-state index contributed by atoms with van der Waals surface area (Å²) in [6.07, 6.45) is 8.32. The fourth-order valence-corrected chi connectivity index (χ4v) is 6.05. The lowest BCUT2D eigenvalue weighted by Gasteiger charge is -2.46. The highest BCUT2D eigenvalue weighted by Gasteiger charge is 2.34. The molecule has 46 heavy (non-hydrogen) atoms. The molecular weight excluding hydrogens is 623 g/mol. The molecular formula is C31H33ClF3N9O2. The quantitative estimate of drug-likeness (QED) is 0.252. The minimum Gasteiger partial charge on any atom is -0.393 e. The van der Waals surface area contributed by atoms with E-state index in [0.29, 0.717) is 23.7 Å². The minimum absolute atomic E-state index is 0.210. The molecule has 2 fully saturated rings. The van der Waals surface area contributed by atoms with Gasteiger partial charge in [-0.3, -0.25) is 19.4 Å². The second-order valence-corrected chi connectivity index (χ2v) is 12.1. The number of hydrogen-bond acceptors (Lipinski definition) is 9. The third-order valence-electron chi connectivity index (χ3n) is 8.71. The molecule has 5 heterocycles. The van der Waals surface area contributed by atoms with E-state index in [1.807, 2.05) is 6.92 Å². The third kappa shape index (κ3) is 6.55. The van der Waals surface area contributed by atoms with Gasteiger partial charge in [-0.1, -0.05) is 17.7 Å². The molecule has 2 aliphatic heterocycles. The average Bonchev–Trinajstić information content (AvgIpc) is 3.49. The van der Waals surface area contributed by atoms with Crippen LogP contribution in [-0.2, 0) is 0 Å². The molecule has 242 valence electrons. The smallest absolute Gasteiger partial charge is 0.275 e. The zero-order valence-electron chi connectivity index (χ0n) is 25.2. The fraction of sp³-hybridized carbons (Fsp3) is 0.419. The van der Waals surface area contributed by atoms with Crippen LogP contribution in [0.3, 0.4) is 0 Å². The van der Waals surface area contributed by atoms with Crippen molar-refractivity contribution < 1.29 is 23.1 Å². The third-order valence-corrected chi connectivity index (χ3v) is 9.01. The number of aliphatic hydroxyl groups is 1. The topological polar surface area (TPSA) is 125 Å². The normalized spacial score (nSPS) is 20.9. The highest BCUT2D eigenvalue weighted by molar-refractivity contribution is 6.31. The molecule has 2 N–H and O–H groups in total. The van der Waals surface area contributed by atoms with Crippen molar-refractivity contribution in [3.8, 4) is 11.3 Å². The molecule has 0 bridgehead atoms. The first-order chi connectivity index (χ1) is 22.1. The number of nitrogens with one attached hydrogen (secondary N) is 1. The average molecular weight is 656 g/mol. The van der Waals surface area contributed by atoms with E-state index in [2.05, 4.69) is 47.1 Å². The maximum absolute atomic E-state index is 14.8. The molecule has 0 radical (unpaired) electrons. The zero-order valence-corrected chi connectivity index (χ0v) is 25.9. The van der Waals surface area contributed by atoms with Gasteiger partial charge in [0.15, 0.2) is 5.82 Å². The lowest BCUT2D eigenvalue weighted by atomic mass is 9.97. The molecule has 2 unspecified atom stereocenters. The number of rotatable bonds is 9. The number of aromatic nitrogens is 6. The van der Waals surface area contributed by atoms with Gasteiger partial charge < -0.3 is 15.3 Å². The van der Waals surface area contributed by atoms with E-state index in [1.165, 1.54) is 6.20 Å². The maximum atomic E-state index is 14.8. The number of nitrogens with zero attached hydrogens (tertiary/aromatic N) is 8. The Morgan fingerprint density at radius 1 is 1.13 bits per heavy atom. The standard InChI is InChI=1S/C31H33ClF3N9O2/c1-17-9-22(45)6-7-42(17)16-21-5-8-43(21)31-37-10-19(11-38-31)18(2)44-15-20(12-39-44)40-30(46)26-14-36-13-25(41-26)27-23(29(34)35)3-4-24(32)28(27)33/h3-4,10-15,17-18,21-22,29,45H,5-9,16H2,1-2H3,(H,40,46)/t17-,18?,21?,22+/m0/s1. The molecule has 4 atom stereocenters. The Morgan fingerprint density at radius 2 is 1.91 bits per heavy atom. The Morgan fingerprint density at radius 3 is 2.61 bits per heavy atom. The predicted octanol–water partition coefficient (Wildman–Crippen LogP) is 5.15. The number of hydrogen-bond donors (Lipinski definition) is 2. The second kappa shape index (κ2) is 13.3. The first kappa shape index (κ1) is 31.8. The number of halogens is 4. The van der Waals surface area contributed by atoms with Crippen LogP contribution in [0.15, 0.2) is 49.3 Å². The van der Waals surface area contributed by atoms with Gasteiger partial charge in [0, 0.05) is 67.0 Å². The molecule has 0 spiro atoms. The summed E-state index contributed by atoms with van der Waals surface area (Å²) in [7, 11) is 0. The molecule has 1 aromatic carbocycles. The summed E-state index contributed by atoms with van der Waals surface area (Å²) >= 11 is 5.82. The van der Waals surface area contributed by atoms with E-state index >= 15 is 0 Å². The number of benzene rings is 1. The first-order valence-electron chi connectivity index (χ1n) is 15.0. The zero-order chi connectivity index (χ0) is 32.5. The Hall–Kier alpha value is -4.14. The van der Waals surface area contributed by atoms with Gasteiger partial charge in [-0.05, 0) is 39.2 Å². The van der Waals surface area contributed by atoms with E-state index in [4.69, 9.17) is 11.6 Å². The molecule has 4 aromatic rings. The van der Waals surface area contributed by atoms with Crippen LogP contribution in [0.2, 0.25) is 5.02 Å². The van der Waals surface area contributed by atoms with Crippen LogP contribution in [0.4, 0.5) is 24.8 Å². The molecule has 0 aliphatic carbocycles. The van der Waals surface area contributed by atoms with Gasteiger partial charge in [0.25, 0.3) is 12.3 Å². The van der Waals surface area contributed by atoms with Crippen molar-refractivity contribution >= 4 is 29.1 Å². The van der Waals surface area contributed by atoms with Crippen molar-refractivity contribution in [3.05, 3.63) is 77.0 Å². The maximum Gasteiger partial charge on any atom is 0.275 e. The second-order valence-electron chi connectivity index (χ2n) is 11.7. The molecule has 2 aliphatic rings. The van der Waals surface area contributed by atoms with Crippen LogP contribution in [0.5, 0.6) is 0 Å². The summed E-state index contributed by atoms with van der Waals surface area (Å²) in [5, 5.41) is 16.6. The largest absolute Gasteiger partial charge is 0.393 e. The highest BCUT2D eigenvalue weighted by Crippen LogP contribution is 2.35. The van der Waals surface area contributed by atoms with Gasteiger partial charge in [-0.2, -0.15) is 5.10 Å². The van der Waals surface area contributed by atoms with Crippen LogP contribution in [0.1, 0.15) is 67.2 Å². The minimum atomic E-state index is -2.99. The SMILES string of the molecule is CC(c1cnc(N2CCC2CN2CC[C@@H](O)C[C@@H]2C)nc1)n1cc(NC(=O)c2cncc(-c3c(C(F)F)ccc(Cl)c3F)n2)cn1. The lowest BCUT2D eigenvalue weighted by molar-refractivity contribution is 0.0417. The predicted molar refractivity (Wildman–Crippen MR) is 165 cm³/mol. The summed E-state index contributed by atoms with van der Waals surface area (Å²) in [6, 6.07) is 2.48. The molecule has 6 rings (SSSR count). The number of piperidine rings is 1. The van der Waals surface area contributed by atoms with Crippen molar-refractivity contribution in [2.24, 2.45) is 0 Å². The molecule has 2 saturated heterocycles. The molecule has 15 heteroatoms. The molecule has 0 saturated carbocycles. The van der Waals surface area contributed by atoms with Gasteiger partial charge in [0.1, 0.15) is 5.69 Å². The summed E-state index contributed by atoms with van der Waals surface area (Å²) in [5.74, 6) is -1.08. The van der Waals surface area contributed by atoms with Crippen LogP contribution in [0.25, 0.3) is 11.3 Å². The van der Waals surface area contributed by atoms with Gasteiger partial charge in [-0.15, -0.1) is 0 Å². The molecule has 11 nitrogen and oxygen atoms in total. The summed E-state index contributed by atoms with van der Waals surface area (Å²) in [5.41, 5.74) is -0.412. The lowest BCUT2D eigenvalue weighted by Crippen LogP contribution is -2.57. The number of carbonyl (C=O) groups excluding carboxylic acids is 1. The van der Waals surface area contributed by atoms with E-state index in [0.717, 1.165) is 69.0 Å². The van der Waals surface area contributed by atoms with Crippen LogP contribution < -0.4 is 10.2 Å². The van der Waals surface area contributed by atoms with Gasteiger partial charge in [-0.25, -0.2) is 28.1 Å². The fourth-order valence-electron chi connectivity index (χ4n) is 5.89. The number of carbonyl (C=O) groups is 1. The number of alkyl halides is 2. The Kier molecular flexibility index (Phi) is 9.20. The Bertz CT molecular complexity index is 1710. The van der Waals surface area contributed by atoms with Crippen molar-refractivity contribution in [2.75, 3.05) is 29.9 Å². The van der Waals surface area contributed by atoms with E-state index < -0.39 is 29.3 Å². The monoisotopic (exact) mass is 655 g/mol. The van der Waals surface area contributed by atoms with E-state index in [1.54, 1.807) is 23.3 Å². The van der Waals surface area contributed by atoms with Crippen LogP contribution >= 0.6 is 11.6 Å². The van der Waals surface area contributed by atoms with Crippen molar-refractivity contribution in [3.63, 3.8) is 0 Å². The van der Waals surface area contributed by atoms with Crippen molar-refractivity contribution in [2.45, 2.75) is 63.8 Å².